The van der Waals surface area contributed by atoms with Gasteiger partial charge in [0.1, 0.15) is 11.0 Å². The fraction of sp³-hybridized carbons (Fsp3) is 0.346. The third-order valence-electron chi connectivity index (χ3n) is 5.78. The molecule has 0 atom stereocenters. The summed E-state index contributed by atoms with van der Waals surface area (Å²) in [4.78, 5) is 9.83. The minimum atomic E-state index is 0.522. The van der Waals surface area contributed by atoms with Gasteiger partial charge in [0, 0.05) is 24.2 Å². The molecule has 35 heavy (non-hydrogen) atoms. The molecule has 184 valence electrons. The average Bonchev–Trinajstić information content (AvgIpc) is 3.19. The van der Waals surface area contributed by atoms with E-state index in [4.69, 9.17) is 40.9 Å². The maximum absolute atomic E-state index is 6.02. The first-order valence-corrected chi connectivity index (χ1v) is 11.9. The van der Waals surface area contributed by atoms with Crippen LogP contribution in [0.5, 0.6) is 17.2 Å². The average molecular weight is 496 g/mol. The Labute approximate surface area is 210 Å². The summed E-state index contributed by atoms with van der Waals surface area (Å²) < 4.78 is 18.4. The molecule has 0 radical (unpaired) electrons. The van der Waals surface area contributed by atoms with Crippen LogP contribution in [0.3, 0.4) is 0 Å². The highest BCUT2D eigenvalue weighted by Gasteiger charge is 2.20. The molecule has 2 aromatic heterocycles. The fourth-order valence-corrected chi connectivity index (χ4v) is 4.21. The van der Waals surface area contributed by atoms with Gasteiger partial charge in [-0.05, 0) is 42.7 Å². The highest BCUT2D eigenvalue weighted by Crippen LogP contribution is 2.41. The Morgan fingerprint density at radius 1 is 0.943 bits per heavy atom. The van der Waals surface area contributed by atoms with Crippen LogP contribution in [0.4, 0.5) is 5.82 Å². The monoisotopic (exact) mass is 495 g/mol. The van der Waals surface area contributed by atoms with Crippen LogP contribution in [0.1, 0.15) is 24.6 Å². The lowest BCUT2D eigenvalue weighted by Gasteiger charge is -2.15. The minimum Gasteiger partial charge on any atom is -0.493 e. The molecule has 9 heteroatoms. The molecule has 0 amide bonds. The highest BCUT2D eigenvalue weighted by atomic mass is 35.5. The predicted octanol–water partition coefficient (Wildman–Crippen LogP) is 5.32. The summed E-state index contributed by atoms with van der Waals surface area (Å²) in [6.07, 6.45) is 2.62. The largest absolute Gasteiger partial charge is 0.493 e. The minimum absolute atomic E-state index is 0.522. The Morgan fingerprint density at radius 3 is 2.23 bits per heavy atom. The summed E-state index contributed by atoms with van der Waals surface area (Å²) in [6.45, 7) is 2.82. The summed E-state index contributed by atoms with van der Waals surface area (Å²) in [5.41, 5.74) is 4.60. The van der Waals surface area contributed by atoms with E-state index in [1.54, 1.807) is 21.3 Å². The van der Waals surface area contributed by atoms with Crippen molar-refractivity contribution in [1.29, 1.82) is 0 Å². The van der Waals surface area contributed by atoms with Crippen molar-refractivity contribution < 1.29 is 14.2 Å². The summed E-state index contributed by atoms with van der Waals surface area (Å²) in [6, 6.07) is 11.6. The van der Waals surface area contributed by atoms with Gasteiger partial charge >= 0.3 is 0 Å². The quantitative estimate of drug-likeness (QED) is 0.319. The molecule has 4 rings (SSSR count). The Bertz CT molecular complexity index is 1300. The number of methoxy groups -OCH3 is 3. The smallest absolute Gasteiger partial charge is 0.203 e. The fourth-order valence-electron chi connectivity index (χ4n) is 4.09. The van der Waals surface area contributed by atoms with E-state index in [0.717, 1.165) is 52.4 Å². The van der Waals surface area contributed by atoms with E-state index in [-0.39, 0.29) is 0 Å². The molecule has 2 aromatic carbocycles. The molecule has 0 fully saturated rings. The highest BCUT2D eigenvalue weighted by molar-refractivity contribution is 6.30. The molecule has 8 nitrogen and oxygen atoms in total. The molecular formula is C26H30ClN5O3. The molecular weight excluding hydrogens is 466 g/mol. The second-order valence-electron chi connectivity index (χ2n) is 8.13. The first kappa shape index (κ1) is 24.6. The summed E-state index contributed by atoms with van der Waals surface area (Å²) in [7, 11) is 6.69. The zero-order valence-electron chi connectivity index (χ0n) is 20.7. The number of hydrogen-bond donors (Lipinski definition) is 1. The number of halogens is 1. The second kappa shape index (κ2) is 10.8. The lowest BCUT2D eigenvalue weighted by Crippen LogP contribution is -2.09. The van der Waals surface area contributed by atoms with Crippen LogP contribution in [0.25, 0.3) is 22.4 Å². The molecule has 0 saturated heterocycles. The van der Waals surface area contributed by atoms with Gasteiger partial charge < -0.3 is 19.5 Å². The van der Waals surface area contributed by atoms with Crippen LogP contribution in [-0.4, -0.2) is 47.6 Å². The number of aryl methyl sites for hydroxylation is 2. The van der Waals surface area contributed by atoms with E-state index in [0.29, 0.717) is 29.6 Å². The lowest BCUT2D eigenvalue weighted by atomic mass is 10.1. The van der Waals surface area contributed by atoms with E-state index in [9.17, 15) is 0 Å². The Morgan fingerprint density at radius 2 is 1.63 bits per heavy atom. The van der Waals surface area contributed by atoms with Crippen LogP contribution < -0.4 is 19.5 Å². The van der Waals surface area contributed by atoms with E-state index < -0.39 is 0 Å². The van der Waals surface area contributed by atoms with Gasteiger partial charge in [0.25, 0.3) is 0 Å². The summed E-state index contributed by atoms with van der Waals surface area (Å²) in [5, 5.41) is 8.97. The zero-order valence-corrected chi connectivity index (χ0v) is 21.4. The van der Waals surface area contributed by atoms with Gasteiger partial charge in [-0.25, -0.2) is 9.97 Å². The van der Waals surface area contributed by atoms with Crippen molar-refractivity contribution in [3.05, 3.63) is 52.7 Å². The Hall–Kier alpha value is -3.52. The van der Waals surface area contributed by atoms with Crippen molar-refractivity contribution in [2.75, 3.05) is 33.2 Å². The number of aromatic nitrogens is 4. The molecule has 0 aliphatic carbocycles. The summed E-state index contributed by atoms with van der Waals surface area (Å²) >= 11 is 6.02. The van der Waals surface area contributed by atoms with Gasteiger partial charge in [-0.3, -0.25) is 4.68 Å². The standard InChI is InChI=1S/C26H30ClN5O3/c1-6-7-19-22-23(32(2)31-19)26(28-13-12-16-8-10-18(27)11-9-16)30-25(29-22)17-14-20(33-3)24(35-5)21(15-17)34-4/h8-11,14-15H,6-7,12-13H2,1-5H3,(H,28,29,30). The molecule has 2 heterocycles. The van der Waals surface area contributed by atoms with Crippen molar-refractivity contribution in [2.45, 2.75) is 26.2 Å². The number of fused-ring (bicyclic) bond motifs is 1. The number of anilines is 1. The number of nitrogens with one attached hydrogen (secondary N) is 1. The molecule has 0 unspecified atom stereocenters. The molecule has 0 spiro atoms. The molecule has 4 aromatic rings. The number of hydrogen-bond acceptors (Lipinski definition) is 7. The normalized spacial score (nSPS) is 11.0. The van der Waals surface area contributed by atoms with Crippen LogP contribution in [0.15, 0.2) is 36.4 Å². The number of nitrogens with zero attached hydrogens (tertiary/aromatic N) is 4. The van der Waals surface area contributed by atoms with Crippen LogP contribution in [0, 0.1) is 0 Å². The first-order chi connectivity index (χ1) is 17.0. The van der Waals surface area contributed by atoms with Gasteiger partial charge in [0.05, 0.1) is 27.0 Å². The van der Waals surface area contributed by atoms with Gasteiger partial charge in [-0.15, -0.1) is 0 Å². The second-order valence-corrected chi connectivity index (χ2v) is 8.57. The van der Waals surface area contributed by atoms with E-state index in [2.05, 4.69) is 12.2 Å². The number of rotatable bonds is 10. The van der Waals surface area contributed by atoms with Crippen molar-refractivity contribution >= 4 is 28.5 Å². The first-order valence-electron chi connectivity index (χ1n) is 11.5. The van der Waals surface area contributed by atoms with E-state index in [1.165, 1.54) is 5.56 Å². The van der Waals surface area contributed by atoms with Crippen LogP contribution in [0.2, 0.25) is 5.02 Å². The van der Waals surface area contributed by atoms with Crippen molar-refractivity contribution in [1.82, 2.24) is 19.7 Å². The van der Waals surface area contributed by atoms with Gasteiger partial charge in [-0.2, -0.15) is 5.10 Å². The molecule has 0 aliphatic rings. The third kappa shape index (κ3) is 5.12. The predicted molar refractivity (Wildman–Crippen MR) is 139 cm³/mol. The van der Waals surface area contributed by atoms with Crippen LogP contribution >= 0.6 is 11.6 Å². The molecule has 0 aliphatic heterocycles. The van der Waals surface area contributed by atoms with E-state index in [1.807, 2.05) is 48.1 Å². The zero-order chi connectivity index (χ0) is 24.9. The Balaban J connectivity index is 1.78. The lowest BCUT2D eigenvalue weighted by molar-refractivity contribution is 0.324. The van der Waals surface area contributed by atoms with Crippen molar-refractivity contribution in [3.63, 3.8) is 0 Å². The van der Waals surface area contributed by atoms with Gasteiger partial charge in [0.2, 0.25) is 5.75 Å². The molecule has 0 saturated carbocycles. The van der Waals surface area contributed by atoms with Crippen molar-refractivity contribution in [3.8, 4) is 28.6 Å². The Kier molecular flexibility index (Phi) is 7.60. The van der Waals surface area contributed by atoms with Crippen molar-refractivity contribution in [2.24, 2.45) is 7.05 Å². The maximum Gasteiger partial charge on any atom is 0.203 e. The van der Waals surface area contributed by atoms with Gasteiger partial charge in [-0.1, -0.05) is 37.1 Å². The summed E-state index contributed by atoms with van der Waals surface area (Å²) in [5.74, 6) is 2.89. The van der Waals surface area contributed by atoms with E-state index >= 15 is 0 Å². The maximum atomic E-state index is 6.02. The SMILES string of the molecule is CCCc1nn(C)c2c(NCCc3ccc(Cl)cc3)nc(-c3cc(OC)c(OC)c(OC)c3)nc12. The third-order valence-corrected chi connectivity index (χ3v) is 6.03. The molecule has 1 N–H and O–H groups in total. The van der Waals surface area contributed by atoms with Gasteiger partial charge in [0.15, 0.2) is 23.1 Å². The topological polar surface area (TPSA) is 83.3 Å². The number of ether oxygens (including phenoxy) is 3. The number of benzene rings is 2. The molecule has 0 bridgehead atoms. The van der Waals surface area contributed by atoms with Crippen LogP contribution in [-0.2, 0) is 19.9 Å².